The van der Waals surface area contributed by atoms with Gasteiger partial charge in [-0.2, -0.15) is 0 Å². The van der Waals surface area contributed by atoms with Gasteiger partial charge in [0, 0.05) is 6.04 Å². The van der Waals surface area contributed by atoms with Gasteiger partial charge < -0.3 is 10.5 Å². The van der Waals surface area contributed by atoms with E-state index in [4.69, 9.17) is 10.5 Å². The van der Waals surface area contributed by atoms with Gasteiger partial charge in [0.25, 0.3) is 0 Å². The summed E-state index contributed by atoms with van der Waals surface area (Å²) in [5.74, 6) is 1.75. The van der Waals surface area contributed by atoms with Crippen molar-refractivity contribution >= 4 is 0 Å². The summed E-state index contributed by atoms with van der Waals surface area (Å²) in [5.41, 5.74) is 9.76. The zero-order chi connectivity index (χ0) is 14.5. The second-order valence-electron chi connectivity index (χ2n) is 5.38. The molecule has 2 N–H and O–H groups in total. The SMILES string of the molecule is CCC(N)Cc1ccc(Oc2cccc(C)c2)cc1C. The molecular formula is C18H23NO. The molecule has 0 heterocycles. The fourth-order valence-electron chi connectivity index (χ4n) is 2.20. The summed E-state index contributed by atoms with van der Waals surface area (Å²) in [7, 11) is 0. The predicted octanol–water partition coefficient (Wildman–Crippen LogP) is 4.38. The molecule has 0 aliphatic rings. The Balaban J connectivity index is 2.13. The summed E-state index contributed by atoms with van der Waals surface area (Å²) in [6, 6.07) is 14.5. The van der Waals surface area contributed by atoms with E-state index in [0.717, 1.165) is 24.3 Å². The minimum atomic E-state index is 0.234. The third-order valence-electron chi connectivity index (χ3n) is 3.55. The van der Waals surface area contributed by atoms with Gasteiger partial charge >= 0.3 is 0 Å². The van der Waals surface area contributed by atoms with Crippen molar-refractivity contribution < 1.29 is 4.74 Å². The Morgan fingerprint density at radius 2 is 1.80 bits per heavy atom. The normalized spacial score (nSPS) is 12.2. The Kier molecular flexibility index (Phi) is 4.80. The second-order valence-corrected chi connectivity index (χ2v) is 5.38. The fourth-order valence-corrected chi connectivity index (χ4v) is 2.20. The molecule has 0 fully saturated rings. The van der Waals surface area contributed by atoms with Gasteiger partial charge in [0.15, 0.2) is 0 Å². The van der Waals surface area contributed by atoms with Crippen LogP contribution in [0.25, 0.3) is 0 Å². The molecule has 0 bridgehead atoms. The molecule has 2 aromatic rings. The van der Waals surface area contributed by atoms with Gasteiger partial charge in [-0.3, -0.25) is 0 Å². The van der Waals surface area contributed by atoms with Crippen LogP contribution in [0.15, 0.2) is 42.5 Å². The highest BCUT2D eigenvalue weighted by Gasteiger charge is 2.06. The second kappa shape index (κ2) is 6.58. The zero-order valence-electron chi connectivity index (χ0n) is 12.5. The van der Waals surface area contributed by atoms with Gasteiger partial charge in [0.05, 0.1) is 0 Å². The Morgan fingerprint density at radius 3 is 2.45 bits per heavy atom. The first-order valence-corrected chi connectivity index (χ1v) is 7.18. The van der Waals surface area contributed by atoms with E-state index < -0.39 is 0 Å². The summed E-state index contributed by atoms with van der Waals surface area (Å²) < 4.78 is 5.90. The van der Waals surface area contributed by atoms with E-state index in [9.17, 15) is 0 Å². The van der Waals surface area contributed by atoms with Crippen LogP contribution in [0.1, 0.15) is 30.0 Å². The van der Waals surface area contributed by atoms with Crippen molar-refractivity contribution in [1.82, 2.24) is 0 Å². The number of hydrogen-bond donors (Lipinski definition) is 1. The highest BCUT2D eigenvalue weighted by atomic mass is 16.5. The molecule has 0 amide bonds. The molecule has 0 aromatic heterocycles. The highest BCUT2D eigenvalue weighted by molar-refractivity contribution is 5.39. The maximum Gasteiger partial charge on any atom is 0.127 e. The molecule has 1 atom stereocenters. The lowest BCUT2D eigenvalue weighted by Gasteiger charge is -2.13. The van der Waals surface area contributed by atoms with Crippen LogP contribution < -0.4 is 10.5 Å². The van der Waals surface area contributed by atoms with Gasteiger partial charge in [0.2, 0.25) is 0 Å². The molecule has 2 nitrogen and oxygen atoms in total. The van der Waals surface area contributed by atoms with Crippen LogP contribution in [0.2, 0.25) is 0 Å². The topological polar surface area (TPSA) is 35.2 Å². The van der Waals surface area contributed by atoms with Crippen LogP contribution in [-0.2, 0) is 6.42 Å². The minimum Gasteiger partial charge on any atom is -0.457 e. The van der Waals surface area contributed by atoms with Crippen molar-refractivity contribution in [2.24, 2.45) is 5.73 Å². The van der Waals surface area contributed by atoms with E-state index in [2.05, 4.69) is 39.0 Å². The molecule has 0 spiro atoms. The number of aryl methyl sites for hydroxylation is 2. The number of ether oxygens (including phenoxy) is 1. The Hall–Kier alpha value is -1.80. The summed E-state index contributed by atoms with van der Waals surface area (Å²) >= 11 is 0. The quantitative estimate of drug-likeness (QED) is 0.874. The molecule has 0 aliphatic carbocycles. The molecule has 2 aromatic carbocycles. The van der Waals surface area contributed by atoms with E-state index in [1.807, 2.05) is 24.3 Å². The van der Waals surface area contributed by atoms with Crippen LogP contribution in [0.4, 0.5) is 0 Å². The molecule has 0 saturated carbocycles. The lowest BCUT2D eigenvalue weighted by Crippen LogP contribution is -2.21. The highest BCUT2D eigenvalue weighted by Crippen LogP contribution is 2.25. The number of rotatable bonds is 5. The van der Waals surface area contributed by atoms with Crippen molar-refractivity contribution in [2.75, 3.05) is 0 Å². The molecule has 0 saturated heterocycles. The number of nitrogens with two attached hydrogens (primary N) is 1. The molecule has 0 radical (unpaired) electrons. The molecule has 2 heteroatoms. The lowest BCUT2D eigenvalue weighted by atomic mass is 10.00. The van der Waals surface area contributed by atoms with E-state index >= 15 is 0 Å². The van der Waals surface area contributed by atoms with Crippen molar-refractivity contribution in [1.29, 1.82) is 0 Å². The first-order chi connectivity index (χ1) is 9.58. The summed E-state index contributed by atoms with van der Waals surface area (Å²) in [6.45, 7) is 6.30. The first kappa shape index (κ1) is 14.6. The fraction of sp³-hybridized carbons (Fsp3) is 0.333. The summed E-state index contributed by atoms with van der Waals surface area (Å²) in [6.07, 6.45) is 1.92. The van der Waals surface area contributed by atoms with Crippen molar-refractivity contribution in [3.63, 3.8) is 0 Å². The maximum absolute atomic E-state index is 6.02. The van der Waals surface area contributed by atoms with Crippen molar-refractivity contribution in [2.45, 2.75) is 39.7 Å². The van der Waals surface area contributed by atoms with E-state index in [0.29, 0.717) is 0 Å². The monoisotopic (exact) mass is 269 g/mol. The Bertz CT molecular complexity index is 577. The minimum absolute atomic E-state index is 0.234. The third-order valence-corrected chi connectivity index (χ3v) is 3.55. The van der Waals surface area contributed by atoms with Gasteiger partial charge in [-0.05, 0) is 67.6 Å². The molecule has 2 rings (SSSR count). The van der Waals surface area contributed by atoms with E-state index in [1.54, 1.807) is 0 Å². The standard InChI is InChI=1S/C18H23NO/c1-4-16(19)12-15-8-9-18(11-14(15)3)20-17-7-5-6-13(2)10-17/h5-11,16H,4,12,19H2,1-3H3. The van der Waals surface area contributed by atoms with Crippen LogP contribution in [-0.4, -0.2) is 6.04 Å². The van der Waals surface area contributed by atoms with Gasteiger partial charge in [0.1, 0.15) is 11.5 Å². The Labute approximate surface area is 121 Å². The molecule has 20 heavy (non-hydrogen) atoms. The smallest absolute Gasteiger partial charge is 0.127 e. The third kappa shape index (κ3) is 3.84. The van der Waals surface area contributed by atoms with Crippen molar-refractivity contribution in [3.8, 4) is 11.5 Å². The average Bonchev–Trinajstić information content (AvgIpc) is 2.41. The van der Waals surface area contributed by atoms with Gasteiger partial charge in [-0.1, -0.05) is 25.1 Å². The molecule has 0 aliphatic heterocycles. The first-order valence-electron chi connectivity index (χ1n) is 7.18. The predicted molar refractivity (Wildman–Crippen MR) is 84.4 cm³/mol. The molecular weight excluding hydrogens is 246 g/mol. The van der Waals surface area contributed by atoms with Gasteiger partial charge in [-0.15, -0.1) is 0 Å². The maximum atomic E-state index is 6.02. The largest absolute Gasteiger partial charge is 0.457 e. The average molecular weight is 269 g/mol. The zero-order valence-corrected chi connectivity index (χ0v) is 12.5. The van der Waals surface area contributed by atoms with E-state index in [1.165, 1.54) is 16.7 Å². The number of hydrogen-bond acceptors (Lipinski definition) is 2. The Morgan fingerprint density at radius 1 is 1.05 bits per heavy atom. The lowest BCUT2D eigenvalue weighted by molar-refractivity contribution is 0.481. The van der Waals surface area contributed by atoms with Crippen LogP contribution in [0.3, 0.4) is 0 Å². The number of benzene rings is 2. The van der Waals surface area contributed by atoms with Crippen LogP contribution in [0, 0.1) is 13.8 Å². The van der Waals surface area contributed by atoms with E-state index in [-0.39, 0.29) is 6.04 Å². The summed E-state index contributed by atoms with van der Waals surface area (Å²) in [5, 5.41) is 0. The van der Waals surface area contributed by atoms with Gasteiger partial charge in [-0.25, -0.2) is 0 Å². The molecule has 1 unspecified atom stereocenters. The van der Waals surface area contributed by atoms with Crippen LogP contribution >= 0.6 is 0 Å². The molecule has 106 valence electrons. The van der Waals surface area contributed by atoms with Crippen molar-refractivity contribution in [3.05, 3.63) is 59.2 Å². The van der Waals surface area contributed by atoms with Crippen LogP contribution in [0.5, 0.6) is 11.5 Å². The summed E-state index contributed by atoms with van der Waals surface area (Å²) in [4.78, 5) is 0.